The van der Waals surface area contributed by atoms with Gasteiger partial charge in [-0.1, -0.05) is 25.1 Å². The van der Waals surface area contributed by atoms with Crippen molar-refractivity contribution in [2.75, 3.05) is 0 Å². The van der Waals surface area contributed by atoms with E-state index in [0.717, 1.165) is 12.0 Å². The highest BCUT2D eigenvalue weighted by Crippen LogP contribution is 2.26. The summed E-state index contributed by atoms with van der Waals surface area (Å²) in [5, 5.41) is 3.18. The Labute approximate surface area is 143 Å². The van der Waals surface area contributed by atoms with E-state index >= 15 is 0 Å². The monoisotopic (exact) mass is 323 g/mol. The molecule has 0 bridgehead atoms. The van der Waals surface area contributed by atoms with E-state index in [2.05, 4.69) is 40.4 Å². The predicted molar refractivity (Wildman–Crippen MR) is 94.6 cm³/mol. The molecule has 1 aromatic carbocycles. The number of carbonyl (C=O) groups is 1. The summed E-state index contributed by atoms with van der Waals surface area (Å²) in [6, 6.07) is 6.83. The molecule has 126 valence electrons. The Hall–Kier alpha value is -2.23. The standard InChI is InChI=1S/C20H25N3O/c1-2-19(18-9-8-16-5-3-4-6-17(16)11-18)23-20(24)10-7-15-12-21-14-22-13-15/h8-9,11-14,19H,2-7,10H2,1H3,(H,23,24). The topological polar surface area (TPSA) is 54.9 Å². The average molecular weight is 323 g/mol. The van der Waals surface area contributed by atoms with Crippen LogP contribution in [0.2, 0.25) is 0 Å². The fourth-order valence-corrected chi connectivity index (χ4v) is 3.37. The zero-order valence-corrected chi connectivity index (χ0v) is 14.3. The van der Waals surface area contributed by atoms with Gasteiger partial charge in [0.25, 0.3) is 0 Å². The van der Waals surface area contributed by atoms with Gasteiger partial charge in [0.1, 0.15) is 6.33 Å². The Balaban J connectivity index is 1.60. The number of nitrogens with zero attached hydrogens (tertiary/aromatic N) is 2. The lowest BCUT2D eigenvalue weighted by Crippen LogP contribution is -2.28. The summed E-state index contributed by atoms with van der Waals surface area (Å²) in [5.41, 5.74) is 5.17. The molecule has 0 spiro atoms. The van der Waals surface area contributed by atoms with Gasteiger partial charge < -0.3 is 5.32 Å². The van der Waals surface area contributed by atoms with Crippen LogP contribution >= 0.6 is 0 Å². The first kappa shape index (κ1) is 16.6. The maximum atomic E-state index is 12.3. The second kappa shape index (κ2) is 8.04. The number of carbonyl (C=O) groups excluding carboxylic acids is 1. The number of aromatic nitrogens is 2. The zero-order valence-electron chi connectivity index (χ0n) is 14.3. The van der Waals surface area contributed by atoms with E-state index in [1.807, 2.05) is 0 Å². The molecule has 0 radical (unpaired) electrons. The Morgan fingerprint density at radius 1 is 1.17 bits per heavy atom. The van der Waals surface area contributed by atoms with Crippen LogP contribution in [0.3, 0.4) is 0 Å². The van der Waals surface area contributed by atoms with Crippen LogP contribution in [0.4, 0.5) is 0 Å². The molecule has 0 fully saturated rings. The van der Waals surface area contributed by atoms with Crippen LogP contribution in [-0.4, -0.2) is 15.9 Å². The third-order valence-electron chi connectivity index (χ3n) is 4.77. The normalized spacial score (nSPS) is 14.7. The van der Waals surface area contributed by atoms with Crippen molar-refractivity contribution in [3.05, 3.63) is 59.2 Å². The van der Waals surface area contributed by atoms with Crippen molar-refractivity contribution >= 4 is 5.91 Å². The Bertz CT molecular complexity index is 685. The molecule has 1 N–H and O–H groups in total. The molecule has 1 amide bonds. The summed E-state index contributed by atoms with van der Waals surface area (Å²) >= 11 is 0. The quantitative estimate of drug-likeness (QED) is 0.884. The fraction of sp³-hybridized carbons (Fsp3) is 0.450. The van der Waals surface area contributed by atoms with E-state index in [-0.39, 0.29) is 11.9 Å². The molecule has 1 heterocycles. The molecular weight excluding hydrogens is 298 g/mol. The maximum Gasteiger partial charge on any atom is 0.220 e. The van der Waals surface area contributed by atoms with Crippen molar-refractivity contribution in [3.63, 3.8) is 0 Å². The van der Waals surface area contributed by atoms with E-state index in [0.29, 0.717) is 12.8 Å². The first-order valence-electron chi connectivity index (χ1n) is 8.91. The van der Waals surface area contributed by atoms with Crippen LogP contribution in [0.1, 0.15) is 60.9 Å². The lowest BCUT2D eigenvalue weighted by atomic mass is 9.89. The molecule has 1 atom stereocenters. The first-order valence-corrected chi connectivity index (χ1v) is 8.91. The number of amides is 1. The van der Waals surface area contributed by atoms with Crippen molar-refractivity contribution in [2.24, 2.45) is 0 Å². The summed E-state index contributed by atoms with van der Waals surface area (Å²) in [6.45, 7) is 2.12. The minimum Gasteiger partial charge on any atom is -0.349 e. The van der Waals surface area contributed by atoms with Crippen LogP contribution in [0.25, 0.3) is 0 Å². The average Bonchev–Trinajstić information content (AvgIpc) is 2.65. The first-order chi connectivity index (χ1) is 11.8. The molecule has 24 heavy (non-hydrogen) atoms. The summed E-state index contributed by atoms with van der Waals surface area (Å²) in [4.78, 5) is 20.3. The van der Waals surface area contributed by atoms with Gasteiger partial charge in [-0.2, -0.15) is 0 Å². The van der Waals surface area contributed by atoms with E-state index in [4.69, 9.17) is 0 Å². The zero-order chi connectivity index (χ0) is 16.8. The largest absolute Gasteiger partial charge is 0.349 e. The van der Waals surface area contributed by atoms with E-state index in [1.165, 1.54) is 48.7 Å². The number of nitrogens with one attached hydrogen (secondary N) is 1. The van der Waals surface area contributed by atoms with Crippen molar-refractivity contribution in [3.8, 4) is 0 Å². The minimum atomic E-state index is 0.0865. The van der Waals surface area contributed by atoms with Crippen LogP contribution in [0, 0.1) is 0 Å². The predicted octanol–water partition coefficient (Wildman–Crippen LogP) is 3.56. The van der Waals surface area contributed by atoms with Crippen LogP contribution < -0.4 is 5.32 Å². The van der Waals surface area contributed by atoms with E-state index < -0.39 is 0 Å². The van der Waals surface area contributed by atoms with Gasteiger partial charge in [-0.05, 0) is 60.8 Å². The van der Waals surface area contributed by atoms with Gasteiger partial charge in [0.2, 0.25) is 5.91 Å². The molecule has 4 nitrogen and oxygen atoms in total. The van der Waals surface area contributed by atoms with E-state index in [9.17, 15) is 4.79 Å². The Morgan fingerprint density at radius 2 is 1.92 bits per heavy atom. The lowest BCUT2D eigenvalue weighted by Gasteiger charge is -2.21. The van der Waals surface area contributed by atoms with Crippen molar-refractivity contribution in [1.29, 1.82) is 0 Å². The molecule has 0 aliphatic heterocycles. The molecule has 3 rings (SSSR count). The second-order valence-electron chi connectivity index (χ2n) is 6.51. The Morgan fingerprint density at radius 3 is 2.67 bits per heavy atom. The molecule has 1 aliphatic rings. The van der Waals surface area contributed by atoms with Crippen molar-refractivity contribution in [2.45, 2.75) is 57.9 Å². The molecule has 4 heteroatoms. The van der Waals surface area contributed by atoms with Gasteiger partial charge in [-0.3, -0.25) is 4.79 Å². The van der Waals surface area contributed by atoms with Crippen molar-refractivity contribution in [1.82, 2.24) is 15.3 Å². The summed E-state index contributed by atoms with van der Waals surface area (Å²) in [6.07, 6.45) is 12.0. The highest BCUT2D eigenvalue weighted by Gasteiger charge is 2.16. The van der Waals surface area contributed by atoms with Gasteiger partial charge in [0.15, 0.2) is 0 Å². The molecule has 2 aromatic rings. The summed E-state index contributed by atoms with van der Waals surface area (Å²) in [5.74, 6) is 0.0865. The van der Waals surface area contributed by atoms with Gasteiger partial charge in [-0.25, -0.2) is 9.97 Å². The summed E-state index contributed by atoms with van der Waals surface area (Å²) in [7, 11) is 0. The number of aryl methyl sites for hydroxylation is 3. The van der Waals surface area contributed by atoms with Crippen LogP contribution in [0.5, 0.6) is 0 Å². The number of benzene rings is 1. The molecular formula is C20H25N3O. The number of fused-ring (bicyclic) bond motifs is 1. The summed E-state index contributed by atoms with van der Waals surface area (Å²) < 4.78 is 0. The highest BCUT2D eigenvalue weighted by atomic mass is 16.1. The van der Waals surface area contributed by atoms with Gasteiger partial charge in [0, 0.05) is 18.8 Å². The van der Waals surface area contributed by atoms with E-state index in [1.54, 1.807) is 12.4 Å². The molecule has 1 aliphatic carbocycles. The molecule has 0 saturated heterocycles. The van der Waals surface area contributed by atoms with Crippen LogP contribution in [-0.2, 0) is 24.1 Å². The third-order valence-corrected chi connectivity index (χ3v) is 4.77. The number of hydrogen-bond donors (Lipinski definition) is 1. The van der Waals surface area contributed by atoms with Gasteiger partial charge in [0.05, 0.1) is 6.04 Å². The Kier molecular flexibility index (Phi) is 5.57. The highest BCUT2D eigenvalue weighted by molar-refractivity contribution is 5.76. The molecule has 0 saturated carbocycles. The number of hydrogen-bond acceptors (Lipinski definition) is 3. The lowest BCUT2D eigenvalue weighted by molar-refractivity contribution is -0.121. The SMILES string of the molecule is CCC(NC(=O)CCc1cncnc1)c1ccc2c(c1)CCCC2. The maximum absolute atomic E-state index is 12.3. The fourth-order valence-electron chi connectivity index (χ4n) is 3.37. The smallest absolute Gasteiger partial charge is 0.220 e. The molecule has 1 aromatic heterocycles. The van der Waals surface area contributed by atoms with Crippen LogP contribution in [0.15, 0.2) is 36.9 Å². The second-order valence-corrected chi connectivity index (χ2v) is 6.51. The van der Waals surface area contributed by atoms with Gasteiger partial charge in [-0.15, -0.1) is 0 Å². The van der Waals surface area contributed by atoms with Gasteiger partial charge >= 0.3 is 0 Å². The third kappa shape index (κ3) is 4.19. The van der Waals surface area contributed by atoms with Crippen molar-refractivity contribution < 1.29 is 4.79 Å². The minimum absolute atomic E-state index is 0.0865. The number of rotatable bonds is 6. The molecule has 1 unspecified atom stereocenters.